The Balaban J connectivity index is 3.20. The first-order valence-electron chi connectivity index (χ1n) is 3.81. The van der Waals surface area contributed by atoms with E-state index in [1.807, 2.05) is 13.0 Å². The van der Waals surface area contributed by atoms with Crippen molar-refractivity contribution >= 4 is 0 Å². The van der Waals surface area contributed by atoms with Crippen molar-refractivity contribution in [1.29, 1.82) is 0 Å². The smallest absolute Gasteiger partial charge is 0.0598 e. The lowest BCUT2D eigenvalue weighted by molar-refractivity contribution is -0.000115. The van der Waals surface area contributed by atoms with E-state index in [1.54, 1.807) is 0 Å². The first-order valence-corrected chi connectivity index (χ1v) is 3.81. The second-order valence-corrected chi connectivity index (χ2v) is 3.32. The summed E-state index contributed by atoms with van der Waals surface area (Å²) in [5.74, 6) is 0. The minimum absolute atomic E-state index is 0.0155. The zero-order valence-electron chi connectivity index (χ0n) is 7.48. The molecule has 0 aromatic heterocycles. The van der Waals surface area contributed by atoms with Crippen LogP contribution in [-0.2, 0) is 4.74 Å². The summed E-state index contributed by atoms with van der Waals surface area (Å²) in [6.45, 7) is 9.07. The van der Waals surface area contributed by atoms with Crippen molar-refractivity contribution in [2.75, 3.05) is 6.61 Å². The fourth-order valence-electron chi connectivity index (χ4n) is 0.600. The largest absolute Gasteiger partial charge is 0.376 e. The van der Waals surface area contributed by atoms with Crippen LogP contribution in [0.25, 0.3) is 0 Å². The second-order valence-electron chi connectivity index (χ2n) is 3.32. The van der Waals surface area contributed by atoms with Crippen LogP contribution in [0.3, 0.4) is 0 Å². The average molecular weight is 142 g/mol. The van der Waals surface area contributed by atoms with Gasteiger partial charge in [-0.3, -0.25) is 0 Å². The Hall–Kier alpha value is -0.300. The highest BCUT2D eigenvalue weighted by atomic mass is 16.5. The molecule has 0 spiro atoms. The molecule has 0 atom stereocenters. The van der Waals surface area contributed by atoms with Crippen molar-refractivity contribution in [2.45, 2.75) is 39.7 Å². The lowest BCUT2D eigenvalue weighted by Gasteiger charge is -2.18. The molecule has 0 saturated heterocycles. The summed E-state index contributed by atoms with van der Waals surface area (Å²) in [5.41, 5.74) is 0.0155. The van der Waals surface area contributed by atoms with Crippen molar-refractivity contribution in [3.63, 3.8) is 0 Å². The zero-order chi connectivity index (χ0) is 8.04. The van der Waals surface area contributed by atoms with E-state index in [9.17, 15) is 0 Å². The minimum atomic E-state index is 0.0155. The van der Waals surface area contributed by atoms with Gasteiger partial charge in [0.25, 0.3) is 0 Å². The number of rotatable bonds is 3. The Morgan fingerprint density at radius 1 is 1.30 bits per heavy atom. The highest BCUT2D eigenvalue weighted by Gasteiger charge is 2.07. The molecule has 1 heteroatoms. The molecule has 0 aliphatic carbocycles. The molecule has 0 unspecified atom stereocenters. The van der Waals surface area contributed by atoms with Crippen LogP contribution in [0, 0.1) is 0 Å². The van der Waals surface area contributed by atoms with E-state index in [2.05, 4.69) is 26.8 Å². The Labute approximate surface area is 64.1 Å². The topological polar surface area (TPSA) is 9.23 Å². The molecule has 0 rings (SSSR count). The summed E-state index contributed by atoms with van der Waals surface area (Å²) in [6.07, 6.45) is 5.19. The zero-order valence-corrected chi connectivity index (χ0v) is 7.48. The third-order valence-electron chi connectivity index (χ3n) is 1.06. The summed E-state index contributed by atoms with van der Waals surface area (Å²) in [6, 6.07) is 0. The van der Waals surface area contributed by atoms with Gasteiger partial charge in [-0.05, 0) is 34.1 Å². The van der Waals surface area contributed by atoms with E-state index < -0.39 is 0 Å². The van der Waals surface area contributed by atoms with Gasteiger partial charge >= 0.3 is 0 Å². The highest BCUT2D eigenvalue weighted by molar-refractivity contribution is 4.76. The fourth-order valence-corrected chi connectivity index (χ4v) is 0.600. The molecule has 0 fully saturated rings. The maximum absolute atomic E-state index is 5.48. The number of allylic oxidation sites excluding steroid dienone is 1. The molecule has 0 saturated carbocycles. The van der Waals surface area contributed by atoms with Crippen LogP contribution < -0.4 is 0 Å². The summed E-state index contributed by atoms with van der Waals surface area (Å²) < 4.78 is 5.48. The Bertz CT molecular complexity index is 97.8. The predicted molar refractivity (Wildman–Crippen MR) is 45.1 cm³/mol. The summed E-state index contributed by atoms with van der Waals surface area (Å²) >= 11 is 0. The average Bonchev–Trinajstić information content (AvgIpc) is 1.78. The summed E-state index contributed by atoms with van der Waals surface area (Å²) in [7, 11) is 0. The molecule has 10 heavy (non-hydrogen) atoms. The van der Waals surface area contributed by atoms with Gasteiger partial charge in [0.05, 0.1) is 12.2 Å². The predicted octanol–water partition coefficient (Wildman–Crippen LogP) is 2.77. The van der Waals surface area contributed by atoms with E-state index >= 15 is 0 Å². The van der Waals surface area contributed by atoms with Crippen LogP contribution in [-0.4, -0.2) is 12.2 Å². The normalized spacial score (nSPS) is 12.8. The molecule has 0 bridgehead atoms. The first-order chi connectivity index (χ1) is 4.56. The van der Waals surface area contributed by atoms with Crippen LogP contribution in [0.1, 0.15) is 34.1 Å². The third-order valence-corrected chi connectivity index (χ3v) is 1.06. The van der Waals surface area contributed by atoms with Crippen molar-refractivity contribution in [3.05, 3.63) is 12.2 Å². The fraction of sp³-hybridized carbons (Fsp3) is 0.778. The lowest BCUT2D eigenvalue weighted by atomic mass is 10.2. The molecule has 0 radical (unpaired) electrons. The number of ether oxygens (including phenoxy) is 1. The molecular formula is C9H18O. The highest BCUT2D eigenvalue weighted by Crippen LogP contribution is 2.06. The second kappa shape index (κ2) is 4.51. The lowest BCUT2D eigenvalue weighted by Crippen LogP contribution is -2.19. The molecule has 0 amide bonds. The maximum atomic E-state index is 5.48. The van der Waals surface area contributed by atoms with E-state index in [4.69, 9.17) is 4.74 Å². The third kappa shape index (κ3) is 7.70. The van der Waals surface area contributed by atoms with Crippen molar-refractivity contribution in [1.82, 2.24) is 0 Å². The molecule has 1 nitrogen and oxygen atoms in total. The number of hydrogen-bond donors (Lipinski definition) is 0. The first kappa shape index (κ1) is 9.70. The van der Waals surface area contributed by atoms with Crippen LogP contribution in [0.4, 0.5) is 0 Å². The maximum Gasteiger partial charge on any atom is 0.0598 e. The molecule has 0 heterocycles. The van der Waals surface area contributed by atoms with E-state index in [0.29, 0.717) is 0 Å². The Morgan fingerprint density at radius 2 is 1.90 bits per heavy atom. The van der Waals surface area contributed by atoms with Crippen molar-refractivity contribution in [2.24, 2.45) is 0 Å². The quantitative estimate of drug-likeness (QED) is 0.435. The van der Waals surface area contributed by atoms with Gasteiger partial charge in [0.1, 0.15) is 0 Å². The van der Waals surface area contributed by atoms with Crippen LogP contribution >= 0.6 is 0 Å². The van der Waals surface area contributed by atoms with Gasteiger partial charge < -0.3 is 4.74 Å². The van der Waals surface area contributed by atoms with Gasteiger partial charge in [-0.2, -0.15) is 0 Å². The molecule has 0 aliphatic heterocycles. The molecular weight excluding hydrogens is 124 g/mol. The van der Waals surface area contributed by atoms with Gasteiger partial charge in [-0.15, -0.1) is 0 Å². The van der Waals surface area contributed by atoms with Crippen LogP contribution in [0.2, 0.25) is 0 Å². The Kier molecular flexibility index (Phi) is 4.37. The van der Waals surface area contributed by atoms with Crippen LogP contribution in [0.15, 0.2) is 12.2 Å². The molecule has 0 aromatic rings. The van der Waals surface area contributed by atoms with Crippen molar-refractivity contribution in [3.8, 4) is 0 Å². The van der Waals surface area contributed by atoms with Gasteiger partial charge in [0.15, 0.2) is 0 Å². The molecule has 0 N–H and O–H groups in total. The molecule has 0 aromatic carbocycles. The Morgan fingerprint density at radius 3 is 2.30 bits per heavy atom. The SMILES string of the molecule is C/C=C\CCOC(C)(C)C. The van der Waals surface area contributed by atoms with Crippen LogP contribution in [0.5, 0.6) is 0 Å². The van der Waals surface area contributed by atoms with Gasteiger partial charge in [-0.1, -0.05) is 12.2 Å². The van der Waals surface area contributed by atoms with E-state index in [-0.39, 0.29) is 5.60 Å². The van der Waals surface area contributed by atoms with Gasteiger partial charge in [0.2, 0.25) is 0 Å². The summed E-state index contributed by atoms with van der Waals surface area (Å²) in [5, 5.41) is 0. The van der Waals surface area contributed by atoms with E-state index in [0.717, 1.165) is 13.0 Å². The van der Waals surface area contributed by atoms with Gasteiger partial charge in [-0.25, -0.2) is 0 Å². The monoisotopic (exact) mass is 142 g/mol. The standard InChI is InChI=1S/C9H18O/c1-5-6-7-8-10-9(2,3)4/h5-6H,7-8H2,1-4H3/b6-5-. The summed E-state index contributed by atoms with van der Waals surface area (Å²) in [4.78, 5) is 0. The van der Waals surface area contributed by atoms with Crippen molar-refractivity contribution < 1.29 is 4.74 Å². The van der Waals surface area contributed by atoms with E-state index in [1.165, 1.54) is 0 Å². The number of hydrogen-bond acceptors (Lipinski definition) is 1. The minimum Gasteiger partial charge on any atom is -0.376 e. The molecule has 60 valence electrons. The van der Waals surface area contributed by atoms with Gasteiger partial charge in [0, 0.05) is 0 Å². The molecule has 0 aliphatic rings.